The van der Waals surface area contributed by atoms with Crippen molar-refractivity contribution in [2.45, 2.75) is 25.8 Å². The van der Waals surface area contributed by atoms with Gasteiger partial charge in [0.15, 0.2) is 0 Å². The van der Waals surface area contributed by atoms with Crippen LogP contribution in [0.15, 0.2) is 54.9 Å². The third-order valence-corrected chi connectivity index (χ3v) is 7.50. The number of nitrogens with zero attached hydrogens (tertiary/aromatic N) is 3. The summed E-state index contributed by atoms with van der Waals surface area (Å²) < 4.78 is 0. The van der Waals surface area contributed by atoms with Crippen LogP contribution in [0, 0.1) is 11.3 Å². The van der Waals surface area contributed by atoms with E-state index in [0.717, 1.165) is 46.5 Å². The molecule has 0 saturated heterocycles. The first-order valence-corrected chi connectivity index (χ1v) is 12.1. The van der Waals surface area contributed by atoms with E-state index < -0.39 is 0 Å². The minimum absolute atomic E-state index is 0.0223. The van der Waals surface area contributed by atoms with Crippen molar-refractivity contribution in [1.82, 2.24) is 14.9 Å². The van der Waals surface area contributed by atoms with Crippen LogP contribution in [0.2, 0.25) is 0 Å². The van der Waals surface area contributed by atoms with Gasteiger partial charge >= 0.3 is 0 Å². The summed E-state index contributed by atoms with van der Waals surface area (Å²) in [7, 11) is 1.89. The Kier molecular flexibility index (Phi) is 5.98. The van der Waals surface area contributed by atoms with E-state index in [1.54, 1.807) is 23.7 Å². The zero-order chi connectivity index (χ0) is 23.7. The van der Waals surface area contributed by atoms with E-state index in [1.165, 1.54) is 16.7 Å². The SMILES string of the molecule is CN(Cc1ccccc1)C(=O)C1CCc2c(sc3ncnc(Nc4ccc(N)c(C=N)c4)c23)C1. The van der Waals surface area contributed by atoms with Crippen molar-refractivity contribution in [3.63, 3.8) is 0 Å². The molecule has 7 nitrogen and oxygen atoms in total. The van der Waals surface area contributed by atoms with Gasteiger partial charge in [0.1, 0.15) is 17.0 Å². The average Bonchev–Trinajstić information content (AvgIpc) is 3.24. The molecule has 1 amide bonds. The van der Waals surface area contributed by atoms with Gasteiger partial charge < -0.3 is 21.4 Å². The number of benzene rings is 2. The number of amides is 1. The molecule has 1 unspecified atom stereocenters. The summed E-state index contributed by atoms with van der Waals surface area (Å²) >= 11 is 1.65. The quantitative estimate of drug-likeness (QED) is 0.278. The highest BCUT2D eigenvalue weighted by molar-refractivity contribution is 7.19. The van der Waals surface area contributed by atoms with Crippen LogP contribution in [0.5, 0.6) is 0 Å². The summed E-state index contributed by atoms with van der Waals surface area (Å²) in [4.78, 5) is 26.2. The number of carbonyl (C=O) groups excluding carboxylic acids is 1. The van der Waals surface area contributed by atoms with Gasteiger partial charge in [0.2, 0.25) is 5.91 Å². The van der Waals surface area contributed by atoms with E-state index >= 15 is 0 Å². The smallest absolute Gasteiger partial charge is 0.226 e. The van der Waals surface area contributed by atoms with Gasteiger partial charge in [-0.25, -0.2) is 9.97 Å². The standard InChI is InChI=1S/C26H26N6OS/c1-32(14-16-5-3-2-4-6-16)26(33)17-7-9-20-22(12-17)34-25-23(20)24(29-15-30-25)31-19-8-10-21(28)18(11-19)13-27/h2-6,8,10-11,13,15,17,27H,7,9,12,14,28H2,1H3,(H,29,30,31). The number of fused-ring (bicyclic) bond motifs is 3. The Morgan fingerprint density at radius 3 is 2.88 bits per heavy atom. The molecule has 0 spiro atoms. The van der Waals surface area contributed by atoms with E-state index in [2.05, 4.69) is 15.3 Å². The highest BCUT2D eigenvalue weighted by atomic mass is 32.1. The van der Waals surface area contributed by atoms with E-state index in [0.29, 0.717) is 17.8 Å². The van der Waals surface area contributed by atoms with Crippen LogP contribution in [-0.2, 0) is 24.2 Å². The second-order valence-electron chi connectivity index (χ2n) is 8.64. The van der Waals surface area contributed by atoms with Crippen molar-refractivity contribution < 1.29 is 4.79 Å². The summed E-state index contributed by atoms with van der Waals surface area (Å²) in [6, 6.07) is 15.6. The molecule has 0 radical (unpaired) electrons. The Morgan fingerprint density at radius 2 is 2.09 bits per heavy atom. The normalized spacial score (nSPS) is 15.0. The number of aryl methyl sites for hydroxylation is 1. The molecule has 0 bridgehead atoms. The van der Waals surface area contributed by atoms with Gasteiger partial charge in [-0.15, -0.1) is 11.3 Å². The number of nitrogens with one attached hydrogen (secondary N) is 2. The van der Waals surface area contributed by atoms with Crippen LogP contribution in [0.1, 0.15) is 28.0 Å². The molecule has 172 valence electrons. The molecular weight excluding hydrogens is 444 g/mol. The molecule has 0 saturated carbocycles. The van der Waals surface area contributed by atoms with Gasteiger partial charge in [0, 0.05) is 47.5 Å². The average molecular weight is 471 g/mol. The highest BCUT2D eigenvalue weighted by Gasteiger charge is 2.30. The maximum atomic E-state index is 13.2. The maximum absolute atomic E-state index is 13.2. The first-order chi connectivity index (χ1) is 16.5. The number of nitrogen functional groups attached to an aromatic ring is 1. The minimum atomic E-state index is -0.0223. The summed E-state index contributed by atoms with van der Waals surface area (Å²) in [5.41, 5.74) is 10.3. The number of thiophene rings is 1. The van der Waals surface area contributed by atoms with Crippen LogP contribution in [0.25, 0.3) is 10.2 Å². The van der Waals surface area contributed by atoms with E-state index in [4.69, 9.17) is 11.1 Å². The lowest BCUT2D eigenvalue weighted by Crippen LogP contribution is -2.35. The first-order valence-electron chi connectivity index (χ1n) is 11.2. The molecular formula is C26H26N6OS. The van der Waals surface area contributed by atoms with Crippen molar-refractivity contribution in [3.8, 4) is 0 Å². The Morgan fingerprint density at radius 1 is 1.26 bits per heavy atom. The predicted octanol–water partition coefficient (Wildman–Crippen LogP) is 4.78. The number of carbonyl (C=O) groups is 1. The van der Waals surface area contributed by atoms with Crippen LogP contribution >= 0.6 is 11.3 Å². The Labute approximate surface area is 202 Å². The maximum Gasteiger partial charge on any atom is 0.226 e. The van der Waals surface area contributed by atoms with Crippen LogP contribution < -0.4 is 11.1 Å². The molecule has 34 heavy (non-hydrogen) atoms. The van der Waals surface area contributed by atoms with E-state index in [-0.39, 0.29) is 11.8 Å². The van der Waals surface area contributed by atoms with Crippen LogP contribution in [0.4, 0.5) is 17.2 Å². The van der Waals surface area contributed by atoms with Crippen molar-refractivity contribution in [2.75, 3.05) is 18.1 Å². The number of rotatable bonds is 6. The van der Waals surface area contributed by atoms with Gasteiger partial charge in [0.05, 0.1) is 5.39 Å². The Bertz CT molecular complexity index is 1370. The molecule has 4 aromatic rings. The predicted molar refractivity (Wildman–Crippen MR) is 138 cm³/mol. The van der Waals surface area contributed by atoms with E-state index in [9.17, 15) is 4.79 Å². The molecule has 4 N–H and O–H groups in total. The molecule has 2 aromatic heterocycles. The Hall–Kier alpha value is -3.78. The van der Waals surface area contributed by atoms with Crippen molar-refractivity contribution >= 4 is 50.9 Å². The number of hydrogen-bond acceptors (Lipinski definition) is 7. The fourth-order valence-electron chi connectivity index (χ4n) is 4.58. The molecule has 1 aliphatic rings. The van der Waals surface area contributed by atoms with Crippen molar-refractivity contribution in [3.05, 3.63) is 76.4 Å². The van der Waals surface area contributed by atoms with Gasteiger partial charge in [-0.3, -0.25) is 4.79 Å². The molecule has 0 aliphatic heterocycles. The second kappa shape index (κ2) is 9.23. The monoisotopic (exact) mass is 470 g/mol. The second-order valence-corrected chi connectivity index (χ2v) is 9.72. The number of anilines is 3. The molecule has 2 aromatic carbocycles. The van der Waals surface area contributed by atoms with Gasteiger partial charge in [0.25, 0.3) is 0 Å². The third-order valence-electron chi connectivity index (χ3n) is 6.34. The molecule has 8 heteroatoms. The zero-order valence-corrected chi connectivity index (χ0v) is 19.7. The topological polar surface area (TPSA) is 108 Å². The number of nitrogens with two attached hydrogens (primary N) is 1. The molecule has 0 fully saturated rings. The summed E-state index contributed by atoms with van der Waals surface area (Å²) in [5, 5.41) is 12.0. The van der Waals surface area contributed by atoms with Crippen LogP contribution in [0.3, 0.4) is 0 Å². The van der Waals surface area contributed by atoms with Crippen LogP contribution in [-0.4, -0.2) is 34.0 Å². The lowest BCUT2D eigenvalue weighted by molar-refractivity contribution is -0.135. The summed E-state index contributed by atoms with van der Waals surface area (Å²) in [5.74, 6) is 0.914. The molecule has 1 aliphatic carbocycles. The van der Waals surface area contributed by atoms with Gasteiger partial charge in [-0.1, -0.05) is 30.3 Å². The molecule has 1 atom stereocenters. The fraction of sp³-hybridized carbons (Fsp3) is 0.231. The summed E-state index contributed by atoms with van der Waals surface area (Å²) in [6.07, 6.45) is 5.17. The lowest BCUT2D eigenvalue weighted by Gasteiger charge is -2.27. The zero-order valence-electron chi connectivity index (χ0n) is 18.9. The van der Waals surface area contributed by atoms with Gasteiger partial charge in [-0.2, -0.15) is 0 Å². The minimum Gasteiger partial charge on any atom is -0.398 e. The Balaban J connectivity index is 1.38. The van der Waals surface area contributed by atoms with Crippen molar-refractivity contribution in [1.29, 1.82) is 5.41 Å². The molecule has 5 rings (SSSR count). The highest BCUT2D eigenvalue weighted by Crippen LogP contribution is 2.41. The lowest BCUT2D eigenvalue weighted by atomic mass is 9.87. The van der Waals surface area contributed by atoms with Gasteiger partial charge in [-0.05, 0) is 48.6 Å². The first kappa shape index (κ1) is 22.0. The number of aromatic nitrogens is 2. The number of hydrogen-bond donors (Lipinski definition) is 3. The molecule has 2 heterocycles. The van der Waals surface area contributed by atoms with E-state index in [1.807, 2.05) is 54.4 Å². The summed E-state index contributed by atoms with van der Waals surface area (Å²) in [6.45, 7) is 0.619. The largest absolute Gasteiger partial charge is 0.398 e. The fourth-order valence-corrected chi connectivity index (χ4v) is 5.84. The third kappa shape index (κ3) is 4.24. The van der Waals surface area contributed by atoms with Crippen molar-refractivity contribution in [2.24, 2.45) is 5.92 Å².